The zero-order valence-electron chi connectivity index (χ0n) is 14.9. The van der Waals surface area contributed by atoms with E-state index in [4.69, 9.17) is 0 Å². The first-order valence-electron chi connectivity index (χ1n) is 9.37. The molecule has 0 atom stereocenters. The number of rotatable bonds is 3. The summed E-state index contributed by atoms with van der Waals surface area (Å²) in [7, 11) is 0. The van der Waals surface area contributed by atoms with E-state index < -0.39 is 0 Å². The number of H-pyrrole nitrogens is 2. The van der Waals surface area contributed by atoms with E-state index >= 15 is 0 Å². The highest BCUT2D eigenvalue weighted by Gasteiger charge is 2.21. The van der Waals surface area contributed by atoms with Gasteiger partial charge in [-0.25, -0.2) is 14.8 Å². The van der Waals surface area contributed by atoms with E-state index in [2.05, 4.69) is 26.0 Å². The van der Waals surface area contributed by atoms with Crippen LogP contribution in [0.3, 0.4) is 0 Å². The Balaban J connectivity index is 1.53. The predicted molar refractivity (Wildman–Crippen MR) is 103 cm³/mol. The summed E-state index contributed by atoms with van der Waals surface area (Å²) in [5.74, 6) is 0.409. The molecule has 138 valence electrons. The molecular weight excluding hydrogens is 342 g/mol. The Bertz CT molecular complexity index is 1160. The van der Waals surface area contributed by atoms with Gasteiger partial charge in [0.25, 0.3) is 0 Å². The minimum absolute atomic E-state index is 0.125. The van der Waals surface area contributed by atoms with Gasteiger partial charge in [-0.1, -0.05) is 0 Å². The maximum absolute atomic E-state index is 12.5. The highest BCUT2D eigenvalue weighted by Crippen LogP contribution is 2.27. The van der Waals surface area contributed by atoms with E-state index in [1.807, 2.05) is 24.5 Å². The summed E-state index contributed by atoms with van der Waals surface area (Å²) in [6.45, 7) is 0.659. The summed E-state index contributed by atoms with van der Waals surface area (Å²) in [6, 6.07) is 6.06. The molecule has 4 heterocycles. The number of aliphatic hydroxyl groups is 1. The Labute approximate surface area is 155 Å². The van der Waals surface area contributed by atoms with Crippen molar-refractivity contribution in [1.82, 2.24) is 24.5 Å². The number of nitrogens with zero attached hydrogens (tertiary/aromatic N) is 3. The second-order valence-corrected chi connectivity index (χ2v) is 7.45. The van der Waals surface area contributed by atoms with Gasteiger partial charge in [0.1, 0.15) is 5.65 Å². The Morgan fingerprint density at radius 1 is 1.07 bits per heavy atom. The van der Waals surface area contributed by atoms with Crippen LogP contribution in [0, 0.1) is 5.92 Å². The lowest BCUT2D eigenvalue weighted by Gasteiger charge is -2.25. The molecule has 0 amide bonds. The quantitative estimate of drug-likeness (QED) is 0.521. The highest BCUT2D eigenvalue weighted by molar-refractivity contribution is 5.84. The number of hydrogen-bond acceptors (Lipinski definition) is 4. The average Bonchev–Trinajstić information content (AvgIpc) is 3.27. The van der Waals surface area contributed by atoms with Crippen LogP contribution in [0.2, 0.25) is 0 Å². The van der Waals surface area contributed by atoms with Crippen molar-refractivity contribution in [2.45, 2.75) is 38.3 Å². The highest BCUT2D eigenvalue weighted by atomic mass is 16.3. The molecule has 1 fully saturated rings. The smallest absolute Gasteiger partial charge is 0.327 e. The zero-order valence-corrected chi connectivity index (χ0v) is 14.9. The molecule has 7 nitrogen and oxygen atoms in total. The van der Waals surface area contributed by atoms with E-state index in [0.717, 1.165) is 53.4 Å². The Morgan fingerprint density at radius 2 is 1.81 bits per heavy atom. The lowest BCUT2D eigenvalue weighted by molar-refractivity contribution is 0.104. The summed E-state index contributed by atoms with van der Waals surface area (Å²) in [6.07, 6.45) is 8.79. The van der Waals surface area contributed by atoms with Crippen LogP contribution in [-0.2, 0) is 6.54 Å². The lowest BCUT2D eigenvalue weighted by Crippen LogP contribution is -2.26. The summed E-state index contributed by atoms with van der Waals surface area (Å²) >= 11 is 0. The predicted octanol–water partition coefficient (Wildman–Crippen LogP) is 2.82. The number of aromatic nitrogens is 5. The maximum atomic E-state index is 12.5. The standard InChI is InChI=1S/C20H21N5O2/c26-16-3-1-12(2-4-16)11-25-17-8-15(10-23-19(17)24-20(25)27)14-7-13-5-6-21-18(13)22-9-14/h5-10,12,16,26H,1-4,11H2,(H,21,22)(H,23,24,27)/t12-,16+. The van der Waals surface area contributed by atoms with Crippen molar-refractivity contribution in [1.29, 1.82) is 0 Å². The molecule has 3 N–H and O–H groups in total. The van der Waals surface area contributed by atoms with Gasteiger partial charge in [0.05, 0.1) is 11.6 Å². The van der Waals surface area contributed by atoms with Gasteiger partial charge in [0.15, 0.2) is 5.65 Å². The Kier molecular flexibility index (Phi) is 3.82. The number of aromatic amines is 2. The Morgan fingerprint density at radius 3 is 2.63 bits per heavy atom. The summed E-state index contributed by atoms with van der Waals surface area (Å²) in [5.41, 5.74) is 4.06. The largest absolute Gasteiger partial charge is 0.393 e. The van der Waals surface area contributed by atoms with Crippen LogP contribution in [-0.4, -0.2) is 35.7 Å². The number of fused-ring (bicyclic) bond motifs is 2. The molecule has 1 saturated carbocycles. The van der Waals surface area contributed by atoms with Gasteiger partial charge in [-0.05, 0) is 49.8 Å². The molecule has 1 aliphatic rings. The molecule has 0 radical (unpaired) electrons. The zero-order chi connectivity index (χ0) is 18.4. The topological polar surface area (TPSA) is 99.6 Å². The van der Waals surface area contributed by atoms with Crippen molar-refractivity contribution < 1.29 is 5.11 Å². The van der Waals surface area contributed by atoms with E-state index in [-0.39, 0.29) is 11.8 Å². The van der Waals surface area contributed by atoms with Gasteiger partial charge >= 0.3 is 5.69 Å². The molecule has 0 saturated heterocycles. The fourth-order valence-corrected chi connectivity index (χ4v) is 4.06. The minimum Gasteiger partial charge on any atom is -0.393 e. The molecule has 0 aromatic carbocycles. The van der Waals surface area contributed by atoms with Gasteiger partial charge in [-0.3, -0.25) is 9.55 Å². The number of nitrogens with one attached hydrogen (secondary N) is 2. The Hall–Kier alpha value is -2.93. The first kappa shape index (κ1) is 16.3. The number of imidazole rings is 1. The van der Waals surface area contributed by atoms with Crippen LogP contribution in [0.15, 0.2) is 41.6 Å². The van der Waals surface area contributed by atoms with Crippen LogP contribution in [0.25, 0.3) is 33.3 Å². The third-order valence-electron chi connectivity index (χ3n) is 5.62. The normalized spacial score (nSPS) is 20.5. The molecule has 1 aliphatic carbocycles. The molecular formula is C20H21N5O2. The van der Waals surface area contributed by atoms with Crippen LogP contribution in [0.5, 0.6) is 0 Å². The second kappa shape index (κ2) is 6.35. The monoisotopic (exact) mass is 363 g/mol. The summed E-state index contributed by atoms with van der Waals surface area (Å²) in [4.78, 5) is 27.3. The van der Waals surface area contributed by atoms with Crippen molar-refractivity contribution in [3.05, 3.63) is 47.3 Å². The summed E-state index contributed by atoms with van der Waals surface area (Å²) < 4.78 is 1.79. The summed E-state index contributed by atoms with van der Waals surface area (Å²) in [5, 5.41) is 10.8. The van der Waals surface area contributed by atoms with Crippen molar-refractivity contribution in [2.75, 3.05) is 0 Å². The second-order valence-electron chi connectivity index (χ2n) is 7.45. The van der Waals surface area contributed by atoms with Gasteiger partial charge in [0, 0.05) is 41.6 Å². The molecule has 5 rings (SSSR count). The van der Waals surface area contributed by atoms with E-state index in [1.165, 1.54) is 0 Å². The van der Waals surface area contributed by atoms with Gasteiger partial charge in [0.2, 0.25) is 0 Å². The van der Waals surface area contributed by atoms with Crippen molar-refractivity contribution in [3.8, 4) is 11.1 Å². The lowest BCUT2D eigenvalue weighted by atomic mass is 9.87. The molecule has 7 heteroatoms. The maximum Gasteiger partial charge on any atom is 0.327 e. The fraction of sp³-hybridized carbons (Fsp3) is 0.350. The first-order valence-corrected chi connectivity index (χ1v) is 9.37. The van der Waals surface area contributed by atoms with Gasteiger partial charge < -0.3 is 10.1 Å². The van der Waals surface area contributed by atoms with E-state index in [9.17, 15) is 9.90 Å². The minimum atomic E-state index is -0.190. The number of pyridine rings is 2. The third kappa shape index (κ3) is 2.94. The SMILES string of the molecule is O=c1[nH]c2ncc(-c3cnc4[nH]ccc4c3)cc2n1C[C@H]1CC[C@@H](O)CC1. The first-order chi connectivity index (χ1) is 13.2. The van der Waals surface area contributed by atoms with Crippen LogP contribution in [0.4, 0.5) is 0 Å². The molecule has 0 bridgehead atoms. The molecule has 27 heavy (non-hydrogen) atoms. The van der Waals surface area contributed by atoms with Crippen molar-refractivity contribution in [3.63, 3.8) is 0 Å². The van der Waals surface area contributed by atoms with E-state index in [0.29, 0.717) is 18.1 Å². The number of aliphatic hydroxyl groups excluding tert-OH is 1. The van der Waals surface area contributed by atoms with Crippen LogP contribution >= 0.6 is 0 Å². The average molecular weight is 363 g/mol. The van der Waals surface area contributed by atoms with Crippen LogP contribution < -0.4 is 5.69 Å². The van der Waals surface area contributed by atoms with E-state index in [1.54, 1.807) is 10.8 Å². The molecule has 4 aromatic heterocycles. The van der Waals surface area contributed by atoms with Crippen molar-refractivity contribution in [2.24, 2.45) is 5.92 Å². The molecule has 0 unspecified atom stereocenters. The molecule has 0 spiro atoms. The van der Waals surface area contributed by atoms with Gasteiger partial charge in [-0.15, -0.1) is 0 Å². The van der Waals surface area contributed by atoms with Crippen LogP contribution in [0.1, 0.15) is 25.7 Å². The van der Waals surface area contributed by atoms with Crippen molar-refractivity contribution >= 4 is 22.2 Å². The number of hydrogen-bond donors (Lipinski definition) is 3. The fourth-order valence-electron chi connectivity index (χ4n) is 4.06. The van der Waals surface area contributed by atoms with Gasteiger partial charge in [-0.2, -0.15) is 0 Å². The molecule has 4 aromatic rings. The third-order valence-corrected chi connectivity index (χ3v) is 5.62. The molecule has 0 aliphatic heterocycles.